The molecular weight excluding hydrogens is 158 g/mol. The van der Waals surface area contributed by atoms with E-state index >= 15 is 0 Å². The van der Waals surface area contributed by atoms with Crippen LogP contribution in [0.2, 0.25) is 0 Å². The van der Waals surface area contributed by atoms with Crippen LogP contribution in [0.3, 0.4) is 0 Å². The van der Waals surface area contributed by atoms with Crippen LogP contribution in [0.4, 0.5) is 0 Å². The molecule has 2 rings (SSSR count). The van der Waals surface area contributed by atoms with Crippen molar-refractivity contribution in [3.05, 3.63) is 41.6 Å². The fourth-order valence-corrected chi connectivity index (χ4v) is 1.64. The Morgan fingerprint density at radius 2 is 2.15 bits per heavy atom. The fourth-order valence-electron chi connectivity index (χ4n) is 1.64. The average molecular weight is 171 g/mol. The predicted octanol–water partition coefficient (Wildman–Crippen LogP) is 3.51. The van der Waals surface area contributed by atoms with Crippen LogP contribution in [0, 0.1) is 6.92 Å². The molecule has 13 heavy (non-hydrogen) atoms. The van der Waals surface area contributed by atoms with Crippen LogP contribution in [0.15, 0.2) is 30.3 Å². The summed E-state index contributed by atoms with van der Waals surface area (Å²) in [5.41, 5.74) is 3.71. The van der Waals surface area contributed by atoms with Gasteiger partial charge in [0.1, 0.15) is 0 Å². The minimum absolute atomic E-state index is 1.21. The molecule has 0 atom stereocenters. The number of aromatic nitrogens is 1. The number of hydrogen-bond acceptors (Lipinski definition) is 0. The lowest BCUT2D eigenvalue weighted by Gasteiger charge is -1.94. The lowest BCUT2D eigenvalue weighted by molar-refractivity contribution is 1.30. The third-order valence-corrected chi connectivity index (χ3v) is 2.18. The van der Waals surface area contributed by atoms with Gasteiger partial charge in [-0.15, -0.1) is 0 Å². The smallest absolute Gasteiger partial charge is 0.0462 e. The first-order valence-electron chi connectivity index (χ1n) is 4.52. The zero-order chi connectivity index (χ0) is 9.26. The molecular formula is C12H13N. The summed E-state index contributed by atoms with van der Waals surface area (Å²) in [6.45, 7) is 4.12. The maximum atomic E-state index is 3.32. The van der Waals surface area contributed by atoms with E-state index in [1.54, 1.807) is 0 Å². The van der Waals surface area contributed by atoms with E-state index in [2.05, 4.69) is 48.3 Å². The minimum atomic E-state index is 1.21. The zero-order valence-corrected chi connectivity index (χ0v) is 7.96. The lowest BCUT2D eigenvalue weighted by Crippen LogP contribution is -1.72. The molecule has 0 radical (unpaired) electrons. The van der Waals surface area contributed by atoms with E-state index in [1.807, 2.05) is 6.92 Å². The van der Waals surface area contributed by atoms with Gasteiger partial charge < -0.3 is 4.98 Å². The molecule has 0 saturated carbocycles. The first-order chi connectivity index (χ1) is 6.31. The first-order valence-corrected chi connectivity index (χ1v) is 4.52. The predicted molar refractivity (Wildman–Crippen MR) is 57.7 cm³/mol. The van der Waals surface area contributed by atoms with Gasteiger partial charge in [0, 0.05) is 16.6 Å². The van der Waals surface area contributed by atoms with E-state index in [-0.39, 0.29) is 0 Å². The number of allylic oxidation sites excluding steroid dienone is 1. The summed E-state index contributed by atoms with van der Waals surface area (Å²) >= 11 is 0. The van der Waals surface area contributed by atoms with Crippen molar-refractivity contribution in [1.29, 1.82) is 0 Å². The molecule has 0 saturated heterocycles. The van der Waals surface area contributed by atoms with E-state index < -0.39 is 0 Å². The standard InChI is InChI=1S/C12H13N/c1-3-5-10-6-4-7-12-11(10)8-9(2)13-12/h3-8,13H,1-2H3/b5-3+. The SMILES string of the molecule is C/C=C/c1cccc2[nH]c(C)cc12. The monoisotopic (exact) mass is 171 g/mol. The van der Waals surface area contributed by atoms with Gasteiger partial charge in [-0.2, -0.15) is 0 Å². The van der Waals surface area contributed by atoms with Gasteiger partial charge in [-0.3, -0.25) is 0 Å². The Morgan fingerprint density at radius 1 is 1.31 bits per heavy atom. The van der Waals surface area contributed by atoms with Crippen LogP contribution < -0.4 is 0 Å². The second kappa shape index (κ2) is 3.09. The average Bonchev–Trinajstić information content (AvgIpc) is 2.47. The number of fused-ring (bicyclic) bond motifs is 1. The number of H-pyrrole nitrogens is 1. The molecule has 0 fully saturated rings. The van der Waals surface area contributed by atoms with Gasteiger partial charge in [0.05, 0.1) is 0 Å². The number of aromatic amines is 1. The van der Waals surface area contributed by atoms with Crippen molar-refractivity contribution in [1.82, 2.24) is 4.98 Å². The molecule has 66 valence electrons. The third kappa shape index (κ3) is 1.37. The summed E-state index contributed by atoms with van der Waals surface area (Å²) in [6.07, 6.45) is 4.20. The summed E-state index contributed by atoms with van der Waals surface area (Å²) < 4.78 is 0. The minimum Gasteiger partial charge on any atom is -0.359 e. The maximum absolute atomic E-state index is 3.32. The summed E-state index contributed by atoms with van der Waals surface area (Å²) in [5.74, 6) is 0. The summed E-state index contributed by atoms with van der Waals surface area (Å²) in [4.78, 5) is 3.32. The van der Waals surface area contributed by atoms with E-state index in [0.717, 1.165) is 0 Å². The van der Waals surface area contributed by atoms with Crippen molar-refractivity contribution in [3.8, 4) is 0 Å². The van der Waals surface area contributed by atoms with Crippen molar-refractivity contribution in [2.24, 2.45) is 0 Å². The second-order valence-electron chi connectivity index (χ2n) is 3.26. The Kier molecular flexibility index (Phi) is 1.93. The fraction of sp³-hybridized carbons (Fsp3) is 0.167. The molecule has 1 nitrogen and oxygen atoms in total. The van der Waals surface area contributed by atoms with Gasteiger partial charge in [-0.25, -0.2) is 0 Å². The van der Waals surface area contributed by atoms with Gasteiger partial charge in [0.2, 0.25) is 0 Å². The van der Waals surface area contributed by atoms with Crippen LogP contribution in [-0.4, -0.2) is 4.98 Å². The Balaban J connectivity index is 2.74. The van der Waals surface area contributed by atoms with Gasteiger partial charge >= 0.3 is 0 Å². The van der Waals surface area contributed by atoms with Crippen LogP contribution in [-0.2, 0) is 0 Å². The van der Waals surface area contributed by atoms with Crippen molar-refractivity contribution < 1.29 is 0 Å². The largest absolute Gasteiger partial charge is 0.359 e. The van der Waals surface area contributed by atoms with Crippen LogP contribution in [0.25, 0.3) is 17.0 Å². The summed E-state index contributed by atoms with van der Waals surface area (Å²) in [5, 5.41) is 1.30. The van der Waals surface area contributed by atoms with E-state index in [0.29, 0.717) is 0 Å². The molecule has 1 aromatic carbocycles. The van der Waals surface area contributed by atoms with Crippen molar-refractivity contribution in [2.45, 2.75) is 13.8 Å². The van der Waals surface area contributed by atoms with Gasteiger partial charge in [-0.1, -0.05) is 24.3 Å². The summed E-state index contributed by atoms with van der Waals surface area (Å²) in [7, 11) is 0. The topological polar surface area (TPSA) is 15.8 Å². The van der Waals surface area contributed by atoms with E-state index in [1.165, 1.54) is 22.2 Å². The highest BCUT2D eigenvalue weighted by molar-refractivity contribution is 5.89. The number of benzene rings is 1. The maximum Gasteiger partial charge on any atom is 0.0462 e. The van der Waals surface area contributed by atoms with Crippen LogP contribution in [0.1, 0.15) is 18.2 Å². The molecule has 2 aromatic rings. The molecule has 0 aliphatic heterocycles. The van der Waals surface area contributed by atoms with Crippen molar-refractivity contribution in [2.75, 3.05) is 0 Å². The van der Waals surface area contributed by atoms with Gasteiger partial charge in [0.15, 0.2) is 0 Å². The molecule has 0 unspecified atom stereocenters. The number of nitrogens with one attached hydrogen (secondary N) is 1. The number of rotatable bonds is 1. The molecule has 1 heteroatoms. The van der Waals surface area contributed by atoms with Crippen LogP contribution in [0.5, 0.6) is 0 Å². The Morgan fingerprint density at radius 3 is 2.92 bits per heavy atom. The molecule has 1 aromatic heterocycles. The highest BCUT2D eigenvalue weighted by Gasteiger charge is 1.99. The molecule has 0 bridgehead atoms. The Hall–Kier alpha value is -1.50. The molecule has 0 aliphatic rings. The molecule has 0 amide bonds. The number of aryl methyl sites for hydroxylation is 1. The second-order valence-corrected chi connectivity index (χ2v) is 3.26. The van der Waals surface area contributed by atoms with E-state index in [9.17, 15) is 0 Å². The van der Waals surface area contributed by atoms with Crippen LogP contribution >= 0.6 is 0 Å². The highest BCUT2D eigenvalue weighted by Crippen LogP contribution is 2.20. The lowest BCUT2D eigenvalue weighted by atomic mass is 10.1. The molecule has 0 aliphatic carbocycles. The third-order valence-electron chi connectivity index (χ3n) is 2.18. The molecule has 0 spiro atoms. The Labute approximate surface area is 78.1 Å². The molecule has 1 heterocycles. The van der Waals surface area contributed by atoms with Gasteiger partial charge in [-0.05, 0) is 31.5 Å². The quantitative estimate of drug-likeness (QED) is 0.675. The number of hydrogen-bond donors (Lipinski definition) is 1. The normalized spacial score (nSPS) is 11.5. The van der Waals surface area contributed by atoms with Crippen molar-refractivity contribution >= 4 is 17.0 Å². The van der Waals surface area contributed by atoms with Gasteiger partial charge in [0.25, 0.3) is 0 Å². The molecule has 1 N–H and O–H groups in total. The highest BCUT2D eigenvalue weighted by atomic mass is 14.7. The van der Waals surface area contributed by atoms with E-state index in [4.69, 9.17) is 0 Å². The first kappa shape index (κ1) is 8.11. The Bertz CT molecular complexity index is 449. The zero-order valence-electron chi connectivity index (χ0n) is 7.96. The van der Waals surface area contributed by atoms with Crippen molar-refractivity contribution in [3.63, 3.8) is 0 Å². The summed E-state index contributed by atoms with van der Waals surface area (Å²) in [6, 6.07) is 8.50.